The van der Waals surface area contributed by atoms with Crippen LogP contribution in [-0.2, 0) is 0 Å². The maximum Gasteiger partial charge on any atom is 0.251 e. The van der Waals surface area contributed by atoms with Crippen LogP contribution in [0.5, 0.6) is 5.75 Å². The zero-order valence-electron chi connectivity index (χ0n) is 14.6. The highest BCUT2D eigenvalue weighted by atomic mass is 16.5. The van der Waals surface area contributed by atoms with Gasteiger partial charge in [0.1, 0.15) is 5.75 Å². The molecule has 0 spiro atoms. The van der Waals surface area contributed by atoms with Crippen molar-refractivity contribution in [2.24, 2.45) is 5.92 Å². The lowest BCUT2D eigenvalue weighted by Gasteiger charge is -2.27. The maximum absolute atomic E-state index is 12.5. The number of imidazole rings is 1. The average molecular weight is 327 g/mol. The first-order valence-corrected chi connectivity index (χ1v) is 8.56. The van der Waals surface area contributed by atoms with E-state index in [0.717, 1.165) is 30.1 Å². The Balaban J connectivity index is 1.75. The summed E-state index contributed by atoms with van der Waals surface area (Å²) in [6.45, 7) is 4.22. The molecule has 1 saturated carbocycles. The number of methoxy groups -OCH3 is 1. The lowest BCUT2D eigenvalue weighted by Crippen LogP contribution is -2.37. The van der Waals surface area contributed by atoms with E-state index in [1.165, 1.54) is 12.8 Å². The Labute approximate surface area is 143 Å². The third kappa shape index (κ3) is 3.61. The van der Waals surface area contributed by atoms with Crippen LogP contribution in [0.2, 0.25) is 0 Å². The fourth-order valence-electron chi connectivity index (χ4n) is 3.26. The lowest BCUT2D eigenvalue weighted by molar-refractivity contribution is 0.0922. The number of ether oxygens (including phenoxy) is 1. The predicted octanol–water partition coefficient (Wildman–Crippen LogP) is 3.50. The first-order chi connectivity index (χ1) is 11.6. The molecular weight excluding hydrogens is 302 g/mol. The molecule has 1 aromatic heterocycles. The van der Waals surface area contributed by atoms with Crippen LogP contribution in [0, 0.1) is 12.8 Å². The van der Waals surface area contributed by atoms with Crippen LogP contribution in [0.1, 0.15) is 48.7 Å². The van der Waals surface area contributed by atoms with Gasteiger partial charge in [-0.3, -0.25) is 4.79 Å². The number of benzene rings is 1. The van der Waals surface area contributed by atoms with Crippen LogP contribution in [0.25, 0.3) is 5.69 Å². The second-order valence-electron chi connectivity index (χ2n) is 6.74. The van der Waals surface area contributed by atoms with Crippen LogP contribution in [0.4, 0.5) is 0 Å². The summed E-state index contributed by atoms with van der Waals surface area (Å²) in [6.07, 6.45) is 8.18. The Kier molecular flexibility index (Phi) is 4.88. The number of aryl methyl sites for hydroxylation is 1. The highest BCUT2D eigenvalue weighted by Gasteiger charge is 2.21. The first kappa shape index (κ1) is 16.6. The lowest BCUT2D eigenvalue weighted by atomic mass is 9.87. The van der Waals surface area contributed by atoms with Gasteiger partial charge in [-0.2, -0.15) is 0 Å². The highest BCUT2D eigenvalue weighted by Crippen LogP contribution is 2.26. The molecule has 128 valence electrons. The van der Waals surface area contributed by atoms with Crippen molar-refractivity contribution in [2.75, 3.05) is 7.11 Å². The second-order valence-corrected chi connectivity index (χ2v) is 6.74. The fourth-order valence-corrected chi connectivity index (χ4v) is 3.26. The molecule has 0 aliphatic heterocycles. The summed E-state index contributed by atoms with van der Waals surface area (Å²) < 4.78 is 7.38. The van der Waals surface area contributed by atoms with Crippen molar-refractivity contribution >= 4 is 5.91 Å². The largest absolute Gasteiger partial charge is 0.495 e. The van der Waals surface area contributed by atoms with Crippen molar-refractivity contribution in [2.45, 2.75) is 45.6 Å². The number of amides is 1. The van der Waals surface area contributed by atoms with Gasteiger partial charge in [-0.05, 0) is 56.7 Å². The molecule has 3 rings (SSSR count). The third-order valence-electron chi connectivity index (χ3n) is 4.78. The average Bonchev–Trinajstić information content (AvgIpc) is 3.02. The topological polar surface area (TPSA) is 56.1 Å². The number of hydrogen-bond donors (Lipinski definition) is 1. The van der Waals surface area contributed by atoms with E-state index in [9.17, 15) is 4.79 Å². The molecule has 1 fully saturated rings. The molecule has 5 heteroatoms. The van der Waals surface area contributed by atoms with Crippen molar-refractivity contribution in [1.82, 2.24) is 14.9 Å². The van der Waals surface area contributed by atoms with Crippen LogP contribution >= 0.6 is 0 Å². The number of hydrogen-bond acceptors (Lipinski definition) is 3. The monoisotopic (exact) mass is 327 g/mol. The summed E-state index contributed by atoms with van der Waals surface area (Å²) in [7, 11) is 1.62. The minimum atomic E-state index is -0.0267. The molecule has 0 radical (unpaired) electrons. The molecule has 1 aliphatic rings. The minimum absolute atomic E-state index is 0.0267. The maximum atomic E-state index is 12.5. The van der Waals surface area contributed by atoms with E-state index < -0.39 is 0 Å². The van der Waals surface area contributed by atoms with Gasteiger partial charge < -0.3 is 14.6 Å². The molecule has 0 unspecified atom stereocenters. The van der Waals surface area contributed by atoms with Gasteiger partial charge in [0.2, 0.25) is 0 Å². The van der Waals surface area contributed by atoms with Gasteiger partial charge in [-0.25, -0.2) is 4.98 Å². The van der Waals surface area contributed by atoms with E-state index in [4.69, 9.17) is 4.74 Å². The molecular formula is C19H25N3O2. The number of rotatable bonds is 4. The number of nitrogens with one attached hydrogen (secondary N) is 1. The smallest absolute Gasteiger partial charge is 0.251 e. The van der Waals surface area contributed by atoms with Crippen molar-refractivity contribution in [3.63, 3.8) is 0 Å². The zero-order valence-corrected chi connectivity index (χ0v) is 14.6. The number of carbonyl (C=O) groups is 1. The molecule has 1 aromatic carbocycles. The van der Waals surface area contributed by atoms with E-state index in [2.05, 4.69) is 17.2 Å². The molecule has 1 amide bonds. The van der Waals surface area contributed by atoms with Crippen LogP contribution in [0.15, 0.2) is 30.7 Å². The van der Waals surface area contributed by atoms with Crippen LogP contribution in [0.3, 0.4) is 0 Å². The van der Waals surface area contributed by atoms with Gasteiger partial charge in [0.05, 0.1) is 24.8 Å². The summed E-state index contributed by atoms with van der Waals surface area (Å²) in [4.78, 5) is 16.8. The fraction of sp³-hybridized carbons (Fsp3) is 0.474. The number of aromatic nitrogens is 2. The third-order valence-corrected chi connectivity index (χ3v) is 4.78. The van der Waals surface area contributed by atoms with E-state index in [0.29, 0.717) is 11.3 Å². The SMILES string of the molecule is COc1cc(C(=O)NC2CCC(C)CC2)ccc1-n1cnc(C)c1. The van der Waals surface area contributed by atoms with Gasteiger partial charge in [0.15, 0.2) is 0 Å². The Morgan fingerprint density at radius 2 is 2.04 bits per heavy atom. The van der Waals surface area contributed by atoms with E-state index in [-0.39, 0.29) is 11.9 Å². The molecule has 2 aromatic rings. The molecule has 0 bridgehead atoms. The Bertz CT molecular complexity index is 715. The molecule has 1 aliphatic carbocycles. The standard InChI is InChI=1S/C19H25N3O2/c1-13-4-7-16(8-5-13)21-19(23)15-6-9-17(18(10-15)24-3)22-11-14(2)20-12-22/h6,9-13,16H,4-5,7-8H2,1-3H3,(H,21,23). The Morgan fingerprint density at radius 3 is 2.67 bits per heavy atom. The summed E-state index contributed by atoms with van der Waals surface area (Å²) in [5.74, 6) is 1.41. The normalized spacial score (nSPS) is 20.6. The quantitative estimate of drug-likeness (QED) is 0.935. The van der Waals surface area contributed by atoms with Crippen LogP contribution < -0.4 is 10.1 Å². The molecule has 1 heterocycles. The highest BCUT2D eigenvalue weighted by molar-refractivity contribution is 5.95. The summed E-state index contributed by atoms with van der Waals surface area (Å²) in [6, 6.07) is 5.83. The predicted molar refractivity (Wildman–Crippen MR) is 93.7 cm³/mol. The summed E-state index contributed by atoms with van der Waals surface area (Å²) >= 11 is 0. The van der Waals surface area contributed by atoms with E-state index >= 15 is 0 Å². The van der Waals surface area contributed by atoms with Gasteiger partial charge in [0.25, 0.3) is 5.91 Å². The van der Waals surface area contributed by atoms with E-state index in [1.54, 1.807) is 19.5 Å². The minimum Gasteiger partial charge on any atom is -0.495 e. The van der Waals surface area contributed by atoms with E-state index in [1.807, 2.05) is 29.8 Å². The molecule has 5 nitrogen and oxygen atoms in total. The van der Waals surface area contributed by atoms with Gasteiger partial charge in [0, 0.05) is 17.8 Å². The van der Waals surface area contributed by atoms with Gasteiger partial charge >= 0.3 is 0 Å². The zero-order chi connectivity index (χ0) is 17.1. The Morgan fingerprint density at radius 1 is 1.29 bits per heavy atom. The molecule has 24 heavy (non-hydrogen) atoms. The Hall–Kier alpha value is -2.30. The molecule has 0 saturated heterocycles. The number of nitrogens with zero attached hydrogens (tertiary/aromatic N) is 2. The molecule has 1 N–H and O–H groups in total. The van der Waals surface area contributed by atoms with Crippen molar-refractivity contribution in [3.05, 3.63) is 42.0 Å². The summed E-state index contributed by atoms with van der Waals surface area (Å²) in [5.41, 5.74) is 2.44. The second kappa shape index (κ2) is 7.07. The van der Waals surface area contributed by atoms with Crippen molar-refractivity contribution in [1.29, 1.82) is 0 Å². The van der Waals surface area contributed by atoms with Crippen molar-refractivity contribution < 1.29 is 9.53 Å². The number of carbonyl (C=O) groups excluding carboxylic acids is 1. The van der Waals surface area contributed by atoms with Gasteiger partial charge in [-0.15, -0.1) is 0 Å². The van der Waals surface area contributed by atoms with Crippen molar-refractivity contribution in [3.8, 4) is 11.4 Å². The molecule has 0 atom stereocenters. The van der Waals surface area contributed by atoms with Crippen LogP contribution in [-0.4, -0.2) is 28.6 Å². The summed E-state index contributed by atoms with van der Waals surface area (Å²) in [5, 5.41) is 3.16. The first-order valence-electron chi connectivity index (χ1n) is 8.56. The van der Waals surface area contributed by atoms with Gasteiger partial charge in [-0.1, -0.05) is 6.92 Å².